The van der Waals surface area contributed by atoms with E-state index in [4.69, 9.17) is 0 Å². The van der Waals surface area contributed by atoms with Gasteiger partial charge in [-0.2, -0.15) is 0 Å². The molecule has 0 atom stereocenters. The van der Waals surface area contributed by atoms with Crippen molar-refractivity contribution in [3.05, 3.63) is 47.0 Å². The number of carbonyl (C=O) groups is 1. The van der Waals surface area contributed by atoms with Gasteiger partial charge in [0.25, 0.3) is 0 Å². The van der Waals surface area contributed by atoms with Crippen LogP contribution in [0.4, 0.5) is 8.78 Å². The summed E-state index contributed by atoms with van der Waals surface area (Å²) in [7, 11) is 0. The molecule has 1 N–H and O–H groups in total. The van der Waals surface area contributed by atoms with Crippen LogP contribution in [0.5, 0.6) is 0 Å². The number of halogens is 2. The number of amides is 1. The van der Waals surface area contributed by atoms with Crippen LogP contribution in [0.3, 0.4) is 0 Å². The molecule has 1 aromatic heterocycles. The smallest absolute Gasteiger partial charge is 0.227 e. The number of aromatic nitrogens is 3. The summed E-state index contributed by atoms with van der Waals surface area (Å²) in [5.41, 5.74) is 0.234. The maximum atomic E-state index is 13.8. The van der Waals surface area contributed by atoms with Gasteiger partial charge in [0.05, 0.1) is 13.0 Å². The second-order valence-electron chi connectivity index (χ2n) is 6.87. The van der Waals surface area contributed by atoms with Crippen LogP contribution in [0, 0.1) is 11.6 Å². The van der Waals surface area contributed by atoms with E-state index in [9.17, 15) is 13.6 Å². The van der Waals surface area contributed by atoms with Gasteiger partial charge in [0, 0.05) is 38.2 Å². The Balaban J connectivity index is 1.37. The Morgan fingerprint density at radius 1 is 1.19 bits per heavy atom. The minimum atomic E-state index is -0.670. The lowest BCUT2D eigenvalue weighted by Gasteiger charge is -2.32. The van der Waals surface area contributed by atoms with E-state index >= 15 is 0 Å². The summed E-state index contributed by atoms with van der Waals surface area (Å²) in [5, 5.41) is 11.9. The van der Waals surface area contributed by atoms with Gasteiger partial charge >= 0.3 is 0 Å². The highest BCUT2D eigenvalue weighted by molar-refractivity contribution is 5.79. The van der Waals surface area contributed by atoms with E-state index in [1.54, 1.807) is 4.90 Å². The molecule has 0 unspecified atom stereocenters. The maximum absolute atomic E-state index is 13.8. The Bertz CT molecular complexity index is 814. The molecule has 6 nitrogen and oxygen atoms in total. The Labute approximate surface area is 150 Å². The molecule has 8 heteroatoms. The van der Waals surface area contributed by atoms with Crippen LogP contribution in [0.25, 0.3) is 0 Å². The summed E-state index contributed by atoms with van der Waals surface area (Å²) >= 11 is 0. The van der Waals surface area contributed by atoms with E-state index in [-0.39, 0.29) is 17.9 Å². The van der Waals surface area contributed by atoms with Gasteiger partial charge in [0.15, 0.2) is 0 Å². The maximum Gasteiger partial charge on any atom is 0.227 e. The number of piperidine rings is 1. The molecule has 0 bridgehead atoms. The van der Waals surface area contributed by atoms with Crippen molar-refractivity contribution in [2.75, 3.05) is 19.6 Å². The fraction of sp³-hybridized carbons (Fsp3) is 0.500. The number of nitrogens with one attached hydrogen (secondary N) is 1. The largest absolute Gasteiger partial charge is 0.342 e. The molecular weight excluding hydrogens is 340 g/mol. The molecule has 26 heavy (non-hydrogen) atoms. The number of benzene rings is 1. The van der Waals surface area contributed by atoms with E-state index < -0.39 is 11.6 Å². The molecule has 2 aliphatic rings. The Hall–Kier alpha value is -2.35. The second-order valence-corrected chi connectivity index (χ2v) is 6.87. The number of rotatable bonds is 3. The Kier molecular flexibility index (Phi) is 4.67. The number of hydrogen-bond donors (Lipinski definition) is 1. The van der Waals surface area contributed by atoms with Gasteiger partial charge in [-0.05, 0) is 24.5 Å². The average Bonchev–Trinajstić information content (AvgIpc) is 3.08. The number of fused-ring (bicyclic) bond motifs is 1. The third kappa shape index (κ3) is 3.33. The standard InChI is InChI=1S/C18H21F2N5O/c19-14-2-1-13(15(20)10-14)9-17(26)24-6-3-12(4-7-24)18-23-22-16-11-21-5-8-25(16)18/h1-2,10,12,21H,3-9,11H2. The summed E-state index contributed by atoms with van der Waals surface area (Å²) in [4.78, 5) is 14.2. The van der Waals surface area contributed by atoms with Gasteiger partial charge in [-0.25, -0.2) is 8.78 Å². The fourth-order valence-electron chi connectivity index (χ4n) is 3.74. The summed E-state index contributed by atoms with van der Waals surface area (Å²) in [6.07, 6.45) is 1.61. The van der Waals surface area contributed by atoms with Crippen molar-refractivity contribution in [1.82, 2.24) is 25.0 Å². The Morgan fingerprint density at radius 3 is 2.77 bits per heavy atom. The number of nitrogens with zero attached hydrogens (tertiary/aromatic N) is 4. The van der Waals surface area contributed by atoms with Crippen LogP contribution in [0.2, 0.25) is 0 Å². The predicted molar refractivity (Wildman–Crippen MR) is 90.3 cm³/mol. The molecule has 0 spiro atoms. The molecule has 0 radical (unpaired) electrons. The summed E-state index contributed by atoms with van der Waals surface area (Å²) in [5.74, 6) is 0.848. The monoisotopic (exact) mass is 361 g/mol. The zero-order valence-electron chi connectivity index (χ0n) is 14.4. The predicted octanol–water partition coefficient (Wildman–Crippen LogP) is 1.61. The van der Waals surface area contributed by atoms with E-state index in [2.05, 4.69) is 20.1 Å². The van der Waals surface area contributed by atoms with Gasteiger partial charge in [-0.15, -0.1) is 10.2 Å². The average molecular weight is 361 g/mol. The lowest BCUT2D eigenvalue weighted by atomic mass is 9.95. The molecule has 1 fully saturated rings. The zero-order chi connectivity index (χ0) is 18.1. The quantitative estimate of drug-likeness (QED) is 0.902. The van der Waals surface area contributed by atoms with Gasteiger partial charge in [-0.3, -0.25) is 4.79 Å². The highest BCUT2D eigenvalue weighted by Gasteiger charge is 2.29. The lowest BCUT2D eigenvalue weighted by Crippen LogP contribution is -2.39. The molecule has 1 saturated heterocycles. The van der Waals surface area contributed by atoms with Crippen molar-refractivity contribution in [2.45, 2.75) is 38.3 Å². The van der Waals surface area contributed by atoms with Crippen LogP contribution >= 0.6 is 0 Å². The number of carbonyl (C=O) groups excluding carboxylic acids is 1. The molecule has 1 aromatic carbocycles. The van der Waals surface area contributed by atoms with Crippen LogP contribution in [0.15, 0.2) is 18.2 Å². The summed E-state index contributed by atoms with van der Waals surface area (Å²) in [6, 6.07) is 3.34. The van der Waals surface area contributed by atoms with Crippen LogP contribution in [0.1, 0.15) is 36.0 Å². The third-order valence-electron chi connectivity index (χ3n) is 5.22. The van der Waals surface area contributed by atoms with E-state index in [0.717, 1.165) is 50.2 Å². The minimum Gasteiger partial charge on any atom is -0.342 e. The molecule has 0 saturated carbocycles. The fourth-order valence-corrected chi connectivity index (χ4v) is 3.74. The van der Waals surface area contributed by atoms with Gasteiger partial charge in [-0.1, -0.05) is 6.07 Å². The van der Waals surface area contributed by atoms with E-state index in [1.807, 2.05) is 0 Å². The number of hydrogen-bond acceptors (Lipinski definition) is 4. The van der Waals surface area contributed by atoms with Crippen molar-refractivity contribution in [3.8, 4) is 0 Å². The van der Waals surface area contributed by atoms with Crippen LogP contribution < -0.4 is 5.32 Å². The van der Waals surface area contributed by atoms with Crippen molar-refractivity contribution in [3.63, 3.8) is 0 Å². The van der Waals surface area contributed by atoms with Crippen molar-refractivity contribution >= 4 is 5.91 Å². The van der Waals surface area contributed by atoms with Crippen LogP contribution in [-0.2, 0) is 24.3 Å². The SMILES string of the molecule is O=C(Cc1ccc(F)cc1F)N1CCC(c2nnc3n2CCNC3)CC1. The summed E-state index contributed by atoms with van der Waals surface area (Å²) < 4.78 is 28.9. The molecule has 4 rings (SSSR count). The number of likely N-dealkylation sites (tertiary alicyclic amines) is 1. The first kappa shape index (κ1) is 17.1. The molecule has 1 amide bonds. The Morgan fingerprint density at radius 2 is 2.00 bits per heavy atom. The highest BCUT2D eigenvalue weighted by Crippen LogP contribution is 2.28. The summed E-state index contributed by atoms with van der Waals surface area (Å²) in [6.45, 7) is 3.77. The van der Waals surface area contributed by atoms with Crippen LogP contribution in [-0.4, -0.2) is 45.2 Å². The topological polar surface area (TPSA) is 63.1 Å². The first-order valence-corrected chi connectivity index (χ1v) is 8.96. The van der Waals surface area contributed by atoms with Crippen molar-refractivity contribution < 1.29 is 13.6 Å². The molecule has 0 aliphatic carbocycles. The highest BCUT2D eigenvalue weighted by atomic mass is 19.1. The first-order valence-electron chi connectivity index (χ1n) is 8.96. The molecule has 2 aliphatic heterocycles. The molecule has 3 heterocycles. The van der Waals surface area contributed by atoms with Crippen molar-refractivity contribution in [1.29, 1.82) is 0 Å². The third-order valence-corrected chi connectivity index (χ3v) is 5.22. The normalized spacial score (nSPS) is 18.0. The van der Waals surface area contributed by atoms with Crippen molar-refractivity contribution in [2.24, 2.45) is 0 Å². The zero-order valence-corrected chi connectivity index (χ0v) is 14.4. The van der Waals surface area contributed by atoms with Gasteiger partial charge in [0.2, 0.25) is 5.91 Å². The molecule has 2 aromatic rings. The minimum absolute atomic E-state index is 0.0389. The molecular formula is C18H21F2N5O. The van der Waals surface area contributed by atoms with Gasteiger partial charge < -0.3 is 14.8 Å². The first-order chi connectivity index (χ1) is 12.6. The van der Waals surface area contributed by atoms with E-state index in [0.29, 0.717) is 19.0 Å². The lowest BCUT2D eigenvalue weighted by molar-refractivity contribution is -0.131. The van der Waals surface area contributed by atoms with Gasteiger partial charge in [0.1, 0.15) is 23.3 Å². The van der Waals surface area contributed by atoms with E-state index in [1.165, 1.54) is 12.1 Å². The molecule has 138 valence electrons. The second kappa shape index (κ2) is 7.11.